The zero-order valence-corrected chi connectivity index (χ0v) is 12.7. The molecule has 2 rings (SSSR count). The van der Waals surface area contributed by atoms with Crippen LogP contribution in [0.15, 0.2) is 24.5 Å². The summed E-state index contributed by atoms with van der Waals surface area (Å²) in [6.45, 7) is 1.73. The highest BCUT2D eigenvalue weighted by molar-refractivity contribution is 5.10. The molecule has 1 aliphatic carbocycles. The predicted octanol–water partition coefficient (Wildman–Crippen LogP) is 1.84. The van der Waals surface area contributed by atoms with Crippen LogP contribution >= 0.6 is 0 Å². The summed E-state index contributed by atoms with van der Waals surface area (Å²) in [7, 11) is 4.01. The molecule has 4 heteroatoms. The molecule has 1 fully saturated rings. The number of likely N-dealkylation sites (N-methyl/N-ethyl adjacent to an activating group) is 1. The molecule has 0 saturated heterocycles. The molecule has 1 saturated carbocycles. The average Bonchev–Trinajstić information content (AvgIpc) is 2.53. The van der Waals surface area contributed by atoms with Crippen LogP contribution in [0.25, 0.3) is 0 Å². The van der Waals surface area contributed by atoms with Crippen LogP contribution in [-0.4, -0.2) is 48.8 Å². The highest BCUT2D eigenvalue weighted by Gasteiger charge is 2.38. The maximum absolute atomic E-state index is 6.12. The predicted molar refractivity (Wildman–Crippen MR) is 81.6 cm³/mol. The minimum absolute atomic E-state index is 0.103. The molecule has 0 aliphatic heterocycles. The van der Waals surface area contributed by atoms with Crippen molar-refractivity contribution in [3.05, 3.63) is 30.1 Å². The van der Waals surface area contributed by atoms with Crippen molar-refractivity contribution in [3.8, 4) is 0 Å². The third kappa shape index (κ3) is 3.57. The Hall–Kier alpha value is -0.970. The number of nitrogens with zero attached hydrogens (tertiary/aromatic N) is 2. The lowest BCUT2D eigenvalue weighted by Gasteiger charge is -2.46. The molecule has 2 atom stereocenters. The maximum Gasteiger partial charge on any atom is 0.0589 e. The van der Waals surface area contributed by atoms with Crippen molar-refractivity contribution in [1.29, 1.82) is 0 Å². The number of ether oxygens (including phenoxy) is 1. The van der Waals surface area contributed by atoms with E-state index in [9.17, 15) is 0 Å². The van der Waals surface area contributed by atoms with E-state index < -0.39 is 0 Å². The Bertz CT molecular complexity index is 398. The van der Waals surface area contributed by atoms with Crippen molar-refractivity contribution in [3.63, 3.8) is 0 Å². The Labute approximate surface area is 122 Å². The summed E-state index contributed by atoms with van der Waals surface area (Å²) in [5, 5.41) is 0. The van der Waals surface area contributed by atoms with E-state index in [0.717, 1.165) is 25.8 Å². The Morgan fingerprint density at radius 1 is 1.45 bits per heavy atom. The van der Waals surface area contributed by atoms with Gasteiger partial charge in [0.05, 0.1) is 6.10 Å². The number of aromatic nitrogens is 1. The van der Waals surface area contributed by atoms with Gasteiger partial charge in [-0.1, -0.05) is 0 Å². The minimum Gasteiger partial charge on any atom is -0.381 e. The van der Waals surface area contributed by atoms with Crippen molar-refractivity contribution >= 4 is 0 Å². The minimum atomic E-state index is 0.103. The van der Waals surface area contributed by atoms with Gasteiger partial charge in [0.15, 0.2) is 0 Å². The van der Waals surface area contributed by atoms with Crippen LogP contribution in [0.4, 0.5) is 0 Å². The maximum atomic E-state index is 6.12. The van der Waals surface area contributed by atoms with E-state index in [2.05, 4.69) is 29.1 Å². The molecule has 1 aliphatic rings. The summed E-state index contributed by atoms with van der Waals surface area (Å²) in [6, 6.07) is 4.17. The molecule has 20 heavy (non-hydrogen) atoms. The smallest absolute Gasteiger partial charge is 0.0589 e. The molecular weight excluding hydrogens is 250 g/mol. The quantitative estimate of drug-likeness (QED) is 0.862. The van der Waals surface area contributed by atoms with Gasteiger partial charge in [0.25, 0.3) is 0 Å². The fourth-order valence-electron chi connectivity index (χ4n) is 3.26. The lowest BCUT2D eigenvalue weighted by molar-refractivity contribution is -0.0114. The Balaban J connectivity index is 1.96. The van der Waals surface area contributed by atoms with Crippen molar-refractivity contribution in [1.82, 2.24) is 9.88 Å². The van der Waals surface area contributed by atoms with E-state index in [-0.39, 0.29) is 5.54 Å². The van der Waals surface area contributed by atoms with Crippen LogP contribution in [0.3, 0.4) is 0 Å². The molecule has 2 N–H and O–H groups in total. The van der Waals surface area contributed by atoms with Crippen LogP contribution < -0.4 is 5.73 Å². The molecule has 1 heterocycles. The summed E-state index contributed by atoms with van der Waals surface area (Å²) in [6.07, 6.45) is 9.70. The average molecular weight is 277 g/mol. The second-order valence-corrected chi connectivity index (χ2v) is 5.91. The first-order chi connectivity index (χ1) is 9.70. The molecule has 0 spiro atoms. The Morgan fingerprint density at radius 3 is 2.85 bits per heavy atom. The van der Waals surface area contributed by atoms with Gasteiger partial charge in [0.1, 0.15) is 0 Å². The Morgan fingerprint density at radius 2 is 2.20 bits per heavy atom. The van der Waals surface area contributed by atoms with Gasteiger partial charge in [0.2, 0.25) is 0 Å². The standard InChI is InChI=1S/C16H27N3O/c1-19(11-7-14-5-9-18-10-6-14)16(13-17)8-3-4-15(12-16)20-2/h5-6,9-10,15H,3-4,7-8,11-13,17H2,1-2H3. The van der Waals surface area contributed by atoms with Crippen LogP contribution in [0.2, 0.25) is 0 Å². The van der Waals surface area contributed by atoms with Crippen LogP contribution in [0, 0.1) is 0 Å². The van der Waals surface area contributed by atoms with Crippen molar-refractivity contribution in [2.24, 2.45) is 5.73 Å². The third-order valence-electron chi connectivity index (χ3n) is 4.78. The first-order valence-corrected chi connectivity index (χ1v) is 7.53. The molecule has 0 radical (unpaired) electrons. The molecule has 0 bridgehead atoms. The van der Waals surface area contributed by atoms with Crippen molar-refractivity contribution in [2.75, 3.05) is 27.2 Å². The van der Waals surface area contributed by atoms with Crippen LogP contribution in [-0.2, 0) is 11.2 Å². The zero-order chi connectivity index (χ0) is 14.4. The van der Waals surface area contributed by atoms with Crippen LogP contribution in [0.5, 0.6) is 0 Å². The largest absolute Gasteiger partial charge is 0.381 e. The molecule has 4 nitrogen and oxygen atoms in total. The summed E-state index contributed by atoms with van der Waals surface area (Å²) in [5.74, 6) is 0. The molecule has 1 aromatic rings. The van der Waals surface area contributed by atoms with E-state index in [1.165, 1.54) is 18.4 Å². The second-order valence-electron chi connectivity index (χ2n) is 5.91. The van der Waals surface area contributed by atoms with Gasteiger partial charge >= 0.3 is 0 Å². The molecule has 2 unspecified atom stereocenters. The fourth-order valence-corrected chi connectivity index (χ4v) is 3.26. The molecular formula is C16H27N3O. The first-order valence-electron chi connectivity index (χ1n) is 7.53. The lowest BCUT2D eigenvalue weighted by Crippen LogP contribution is -2.56. The van der Waals surface area contributed by atoms with Gasteiger partial charge in [-0.25, -0.2) is 0 Å². The molecule has 0 amide bonds. The SMILES string of the molecule is COC1CCCC(CN)(N(C)CCc2ccncc2)C1. The van der Waals surface area contributed by atoms with E-state index in [1.54, 1.807) is 0 Å². The third-order valence-corrected chi connectivity index (χ3v) is 4.78. The Kier molecular flexibility index (Phi) is 5.52. The van der Waals surface area contributed by atoms with Crippen molar-refractivity contribution in [2.45, 2.75) is 43.7 Å². The highest BCUT2D eigenvalue weighted by atomic mass is 16.5. The number of hydrogen-bond donors (Lipinski definition) is 1. The zero-order valence-electron chi connectivity index (χ0n) is 12.7. The van der Waals surface area contributed by atoms with E-state index in [1.807, 2.05) is 19.5 Å². The topological polar surface area (TPSA) is 51.4 Å². The van der Waals surface area contributed by atoms with E-state index in [4.69, 9.17) is 10.5 Å². The number of rotatable bonds is 6. The number of nitrogens with two attached hydrogens (primary N) is 1. The van der Waals surface area contributed by atoms with Gasteiger partial charge in [-0.2, -0.15) is 0 Å². The van der Waals surface area contributed by atoms with Gasteiger partial charge < -0.3 is 10.5 Å². The summed E-state index contributed by atoms with van der Waals surface area (Å²) in [5.41, 5.74) is 7.55. The van der Waals surface area contributed by atoms with Crippen LogP contribution in [0.1, 0.15) is 31.2 Å². The second kappa shape index (κ2) is 7.16. The van der Waals surface area contributed by atoms with E-state index >= 15 is 0 Å². The summed E-state index contributed by atoms with van der Waals surface area (Å²) in [4.78, 5) is 6.51. The van der Waals surface area contributed by atoms with Gasteiger partial charge in [-0.3, -0.25) is 9.88 Å². The first kappa shape index (κ1) is 15.4. The van der Waals surface area contributed by atoms with E-state index in [0.29, 0.717) is 12.6 Å². The van der Waals surface area contributed by atoms with Gasteiger partial charge in [-0.05, 0) is 56.8 Å². The summed E-state index contributed by atoms with van der Waals surface area (Å²) < 4.78 is 5.57. The van der Waals surface area contributed by atoms with Gasteiger partial charge in [-0.15, -0.1) is 0 Å². The number of methoxy groups -OCH3 is 1. The number of hydrogen-bond acceptors (Lipinski definition) is 4. The monoisotopic (exact) mass is 277 g/mol. The lowest BCUT2D eigenvalue weighted by atomic mass is 9.78. The molecule has 1 aromatic heterocycles. The summed E-state index contributed by atoms with van der Waals surface area (Å²) >= 11 is 0. The highest BCUT2D eigenvalue weighted by Crippen LogP contribution is 2.33. The number of pyridine rings is 1. The molecule has 112 valence electrons. The van der Waals surface area contributed by atoms with Gasteiger partial charge in [0, 0.05) is 38.1 Å². The fraction of sp³-hybridized carbons (Fsp3) is 0.688. The van der Waals surface area contributed by atoms with Crippen molar-refractivity contribution < 1.29 is 4.74 Å². The molecule has 0 aromatic carbocycles. The normalized spacial score (nSPS) is 26.9.